The molecule has 1 aromatic rings. The van der Waals surface area contributed by atoms with Gasteiger partial charge in [-0.1, -0.05) is 49.6 Å². The Morgan fingerprint density at radius 2 is 2.00 bits per heavy atom. The van der Waals surface area contributed by atoms with Crippen LogP contribution in [0.1, 0.15) is 50.7 Å². The predicted molar refractivity (Wildman–Crippen MR) is 85.1 cm³/mol. The van der Waals surface area contributed by atoms with Crippen molar-refractivity contribution in [2.45, 2.75) is 46.5 Å². The molecule has 0 aromatic heterocycles. The van der Waals surface area contributed by atoms with Crippen molar-refractivity contribution >= 4 is 11.6 Å². The molecule has 1 N–H and O–H groups in total. The lowest BCUT2D eigenvalue weighted by Crippen LogP contribution is -2.23. The highest BCUT2D eigenvalue weighted by Crippen LogP contribution is 2.66. The van der Waals surface area contributed by atoms with Crippen LogP contribution in [0.3, 0.4) is 0 Å². The molecule has 3 atom stereocenters. The number of benzene rings is 1. The molecule has 0 heterocycles. The van der Waals surface area contributed by atoms with Crippen LogP contribution < -0.4 is 5.43 Å². The van der Waals surface area contributed by atoms with Crippen molar-refractivity contribution in [3.05, 3.63) is 35.4 Å². The molecule has 1 amide bonds. The third kappa shape index (κ3) is 2.61. The number of aryl methyl sites for hydroxylation is 1. The SMILES string of the molecule is C/C(=N/NC(=O)[C@@H]1[C@@H]2CCCC[C@@]12C)c1ccc(C)cc1. The molecule has 0 saturated heterocycles. The third-order valence-corrected chi connectivity index (χ3v) is 5.42. The van der Waals surface area contributed by atoms with E-state index in [1.165, 1.54) is 31.2 Å². The van der Waals surface area contributed by atoms with E-state index in [0.717, 1.165) is 11.3 Å². The monoisotopic (exact) mass is 284 g/mol. The fourth-order valence-electron chi connectivity index (χ4n) is 3.92. The quantitative estimate of drug-likeness (QED) is 0.668. The highest BCUT2D eigenvalue weighted by atomic mass is 16.2. The van der Waals surface area contributed by atoms with E-state index >= 15 is 0 Å². The molecule has 3 heteroatoms. The summed E-state index contributed by atoms with van der Waals surface area (Å²) >= 11 is 0. The van der Waals surface area contributed by atoms with Crippen LogP contribution in [0.25, 0.3) is 0 Å². The van der Waals surface area contributed by atoms with Gasteiger partial charge in [-0.05, 0) is 43.6 Å². The zero-order valence-electron chi connectivity index (χ0n) is 13.1. The summed E-state index contributed by atoms with van der Waals surface area (Å²) in [6.45, 7) is 6.26. The second-order valence-corrected chi connectivity index (χ2v) is 6.88. The molecule has 1 aromatic carbocycles. The van der Waals surface area contributed by atoms with Gasteiger partial charge in [0.15, 0.2) is 0 Å². The zero-order valence-corrected chi connectivity index (χ0v) is 13.1. The molecule has 2 aliphatic carbocycles. The van der Waals surface area contributed by atoms with Crippen LogP contribution in [-0.2, 0) is 4.79 Å². The summed E-state index contributed by atoms with van der Waals surface area (Å²) in [7, 11) is 0. The Morgan fingerprint density at radius 1 is 1.29 bits per heavy atom. The maximum absolute atomic E-state index is 12.3. The minimum absolute atomic E-state index is 0.107. The van der Waals surface area contributed by atoms with Gasteiger partial charge in [0, 0.05) is 5.92 Å². The molecule has 3 rings (SSSR count). The highest BCUT2D eigenvalue weighted by Gasteiger charge is 2.64. The van der Waals surface area contributed by atoms with Gasteiger partial charge in [-0.25, -0.2) is 5.43 Å². The Kier molecular flexibility index (Phi) is 3.60. The fourth-order valence-corrected chi connectivity index (χ4v) is 3.92. The van der Waals surface area contributed by atoms with Gasteiger partial charge in [0.1, 0.15) is 0 Å². The summed E-state index contributed by atoms with van der Waals surface area (Å²) in [5.74, 6) is 0.867. The van der Waals surface area contributed by atoms with Crippen LogP contribution in [0, 0.1) is 24.2 Å². The minimum Gasteiger partial charge on any atom is -0.273 e. The van der Waals surface area contributed by atoms with E-state index in [9.17, 15) is 4.79 Å². The first-order chi connectivity index (χ1) is 10.0. The standard InChI is InChI=1S/C18H24N2O/c1-12-7-9-14(10-8-12)13(2)19-20-17(21)16-15-6-4-5-11-18(15,16)3/h7-10,15-16H,4-6,11H2,1-3H3,(H,20,21)/b19-13-/t15-,16-,18+/m0/s1. The molecule has 2 aliphatic rings. The van der Waals surface area contributed by atoms with Gasteiger partial charge in [0.25, 0.3) is 0 Å². The third-order valence-electron chi connectivity index (χ3n) is 5.42. The molecular formula is C18H24N2O. The second-order valence-electron chi connectivity index (χ2n) is 6.88. The average Bonchev–Trinajstić information content (AvgIpc) is 3.11. The number of carbonyl (C=O) groups excluding carboxylic acids is 1. The molecule has 2 saturated carbocycles. The number of amides is 1. The first-order valence-corrected chi connectivity index (χ1v) is 7.93. The van der Waals surface area contributed by atoms with E-state index in [0.29, 0.717) is 5.92 Å². The van der Waals surface area contributed by atoms with Crippen molar-refractivity contribution in [3.8, 4) is 0 Å². The van der Waals surface area contributed by atoms with E-state index in [2.05, 4.69) is 36.5 Å². The highest BCUT2D eigenvalue weighted by molar-refractivity contribution is 5.99. The summed E-state index contributed by atoms with van der Waals surface area (Å²) in [5, 5.41) is 4.29. The van der Waals surface area contributed by atoms with Crippen LogP contribution >= 0.6 is 0 Å². The fraction of sp³-hybridized carbons (Fsp3) is 0.556. The van der Waals surface area contributed by atoms with Crippen molar-refractivity contribution in [2.75, 3.05) is 0 Å². The summed E-state index contributed by atoms with van der Waals surface area (Å²) < 4.78 is 0. The number of carbonyl (C=O) groups is 1. The lowest BCUT2D eigenvalue weighted by atomic mass is 9.90. The summed E-state index contributed by atoms with van der Waals surface area (Å²) in [6, 6.07) is 8.20. The molecule has 0 spiro atoms. The van der Waals surface area contributed by atoms with Crippen LogP contribution in [0.2, 0.25) is 0 Å². The average molecular weight is 284 g/mol. The van der Waals surface area contributed by atoms with Crippen LogP contribution in [0.5, 0.6) is 0 Å². The van der Waals surface area contributed by atoms with Crippen LogP contribution in [0.15, 0.2) is 29.4 Å². The molecule has 0 radical (unpaired) electrons. The van der Waals surface area contributed by atoms with Crippen LogP contribution in [0.4, 0.5) is 0 Å². The first kappa shape index (κ1) is 14.3. The smallest absolute Gasteiger partial charge is 0.244 e. The van der Waals surface area contributed by atoms with Gasteiger partial charge in [-0.3, -0.25) is 4.79 Å². The molecule has 21 heavy (non-hydrogen) atoms. The Labute approximate surface area is 126 Å². The molecule has 112 valence electrons. The van der Waals surface area contributed by atoms with Crippen molar-refractivity contribution in [2.24, 2.45) is 22.4 Å². The normalized spacial score (nSPS) is 31.5. The van der Waals surface area contributed by atoms with Gasteiger partial charge >= 0.3 is 0 Å². The van der Waals surface area contributed by atoms with E-state index in [4.69, 9.17) is 0 Å². The number of nitrogens with one attached hydrogen (secondary N) is 1. The first-order valence-electron chi connectivity index (χ1n) is 7.93. The van der Waals surface area contributed by atoms with Gasteiger partial charge < -0.3 is 0 Å². The maximum Gasteiger partial charge on any atom is 0.244 e. The van der Waals surface area contributed by atoms with Crippen molar-refractivity contribution < 1.29 is 4.79 Å². The maximum atomic E-state index is 12.3. The van der Waals surface area contributed by atoms with Gasteiger partial charge in [0.05, 0.1) is 5.71 Å². The van der Waals surface area contributed by atoms with Gasteiger partial charge in [-0.15, -0.1) is 0 Å². The van der Waals surface area contributed by atoms with E-state index in [1.54, 1.807) is 0 Å². The Hall–Kier alpha value is -1.64. The predicted octanol–water partition coefficient (Wildman–Crippen LogP) is 3.66. The number of hydrogen-bond acceptors (Lipinski definition) is 2. The lowest BCUT2D eigenvalue weighted by molar-refractivity contribution is -0.123. The topological polar surface area (TPSA) is 41.5 Å². The summed E-state index contributed by atoms with van der Waals surface area (Å²) in [5.41, 5.74) is 6.18. The molecule has 0 unspecified atom stereocenters. The number of rotatable bonds is 3. The molecule has 0 aliphatic heterocycles. The summed E-state index contributed by atoms with van der Waals surface area (Å²) in [4.78, 5) is 12.3. The zero-order chi connectivity index (χ0) is 15.0. The van der Waals surface area contributed by atoms with Crippen LogP contribution in [-0.4, -0.2) is 11.6 Å². The van der Waals surface area contributed by atoms with Crippen molar-refractivity contribution in [3.63, 3.8) is 0 Å². The minimum atomic E-state index is 0.107. The number of fused-ring (bicyclic) bond motifs is 1. The largest absolute Gasteiger partial charge is 0.273 e. The molecule has 2 fully saturated rings. The van der Waals surface area contributed by atoms with Crippen molar-refractivity contribution in [1.82, 2.24) is 5.43 Å². The number of hydrogen-bond donors (Lipinski definition) is 1. The van der Waals surface area contributed by atoms with Gasteiger partial charge in [0.2, 0.25) is 5.91 Å². The summed E-state index contributed by atoms with van der Waals surface area (Å²) in [6.07, 6.45) is 4.93. The second kappa shape index (κ2) is 5.28. The Balaban J connectivity index is 1.63. The molecule has 0 bridgehead atoms. The molecular weight excluding hydrogens is 260 g/mol. The number of hydrazone groups is 1. The molecule has 3 nitrogen and oxygen atoms in total. The Morgan fingerprint density at radius 3 is 2.62 bits per heavy atom. The van der Waals surface area contributed by atoms with E-state index < -0.39 is 0 Å². The van der Waals surface area contributed by atoms with Gasteiger partial charge in [-0.2, -0.15) is 5.10 Å². The van der Waals surface area contributed by atoms with Crippen molar-refractivity contribution in [1.29, 1.82) is 0 Å². The lowest BCUT2D eigenvalue weighted by Gasteiger charge is -2.15. The Bertz CT molecular complexity index is 575. The van der Waals surface area contributed by atoms with E-state index in [-0.39, 0.29) is 17.2 Å². The number of nitrogens with zero attached hydrogens (tertiary/aromatic N) is 1. The van der Waals surface area contributed by atoms with E-state index in [1.807, 2.05) is 19.1 Å².